The van der Waals surface area contributed by atoms with Crippen LogP contribution in [0.2, 0.25) is 0 Å². The molecule has 4 heteroatoms. The van der Waals surface area contributed by atoms with Crippen LogP contribution in [0, 0.1) is 0 Å². The van der Waals surface area contributed by atoms with E-state index < -0.39 is 0 Å². The van der Waals surface area contributed by atoms with Crippen LogP contribution in [0.1, 0.15) is 11.4 Å². The maximum atomic E-state index is 4.75. The van der Waals surface area contributed by atoms with Gasteiger partial charge in [-0.15, -0.1) is 0 Å². The molecule has 1 N–H and O–H groups in total. The zero-order chi connectivity index (χ0) is 12.7. The summed E-state index contributed by atoms with van der Waals surface area (Å²) in [4.78, 5) is 14.6. The van der Waals surface area contributed by atoms with Gasteiger partial charge in [0, 0.05) is 18.4 Å². The number of aromatic amines is 1. The molecule has 0 aliphatic carbocycles. The van der Waals surface area contributed by atoms with E-state index in [2.05, 4.69) is 39.1 Å². The highest BCUT2D eigenvalue weighted by atomic mass is 15.2. The number of hydrogen-bond acceptors (Lipinski definition) is 3. The van der Waals surface area contributed by atoms with Gasteiger partial charge in [-0.25, -0.2) is 9.97 Å². The molecule has 94 valence electrons. The summed E-state index contributed by atoms with van der Waals surface area (Å²) in [5.74, 6) is 1.04. The SMILES string of the molecule is c1ccc2nc(N3CCc4nc[nH]c4C3)ccc2c1. The lowest BCUT2D eigenvalue weighted by Crippen LogP contribution is -2.31. The van der Waals surface area contributed by atoms with Crippen LogP contribution < -0.4 is 4.90 Å². The van der Waals surface area contributed by atoms with E-state index in [4.69, 9.17) is 4.98 Å². The normalized spacial score (nSPS) is 14.6. The Morgan fingerprint density at radius 1 is 1.11 bits per heavy atom. The molecule has 3 heterocycles. The summed E-state index contributed by atoms with van der Waals surface area (Å²) in [6.07, 6.45) is 2.76. The predicted octanol–water partition coefficient (Wildman–Crippen LogP) is 2.52. The monoisotopic (exact) mass is 250 g/mol. The summed E-state index contributed by atoms with van der Waals surface area (Å²) >= 11 is 0. The van der Waals surface area contributed by atoms with Crippen molar-refractivity contribution in [1.82, 2.24) is 15.0 Å². The van der Waals surface area contributed by atoms with Crippen molar-refractivity contribution in [2.75, 3.05) is 11.4 Å². The molecule has 0 unspecified atom stereocenters. The lowest BCUT2D eigenvalue weighted by molar-refractivity contribution is 0.703. The summed E-state index contributed by atoms with van der Waals surface area (Å²) in [7, 11) is 0. The van der Waals surface area contributed by atoms with E-state index in [9.17, 15) is 0 Å². The number of rotatable bonds is 1. The molecule has 0 amide bonds. The number of anilines is 1. The molecule has 2 aromatic heterocycles. The Kier molecular flexibility index (Phi) is 2.27. The van der Waals surface area contributed by atoms with Crippen molar-refractivity contribution in [1.29, 1.82) is 0 Å². The van der Waals surface area contributed by atoms with Crippen molar-refractivity contribution in [3.8, 4) is 0 Å². The van der Waals surface area contributed by atoms with Crippen molar-refractivity contribution in [3.63, 3.8) is 0 Å². The molecule has 0 atom stereocenters. The van der Waals surface area contributed by atoms with Crippen molar-refractivity contribution in [3.05, 3.63) is 54.1 Å². The van der Waals surface area contributed by atoms with Gasteiger partial charge in [0.05, 0.1) is 29.8 Å². The van der Waals surface area contributed by atoms with Crippen LogP contribution in [0.3, 0.4) is 0 Å². The maximum Gasteiger partial charge on any atom is 0.129 e. The molecular weight excluding hydrogens is 236 g/mol. The fraction of sp³-hybridized carbons (Fsp3) is 0.200. The maximum absolute atomic E-state index is 4.75. The zero-order valence-corrected chi connectivity index (χ0v) is 10.5. The van der Waals surface area contributed by atoms with Gasteiger partial charge >= 0.3 is 0 Å². The van der Waals surface area contributed by atoms with Crippen molar-refractivity contribution >= 4 is 16.7 Å². The summed E-state index contributed by atoms with van der Waals surface area (Å²) in [5, 5.41) is 1.19. The number of nitrogens with one attached hydrogen (secondary N) is 1. The first kappa shape index (κ1) is 10.6. The molecule has 1 aromatic carbocycles. The topological polar surface area (TPSA) is 44.8 Å². The summed E-state index contributed by atoms with van der Waals surface area (Å²) in [6.45, 7) is 1.84. The first-order valence-corrected chi connectivity index (χ1v) is 6.52. The Morgan fingerprint density at radius 3 is 3.05 bits per heavy atom. The van der Waals surface area contributed by atoms with Gasteiger partial charge < -0.3 is 9.88 Å². The Morgan fingerprint density at radius 2 is 2.05 bits per heavy atom. The van der Waals surface area contributed by atoms with Gasteiger partial charge in [-0.05, 0) is 18.2 Å². The van der Waals surface area contributed by atoms with Gasteiger partial charge in [0.2, 0.25) is 0 Å². The van der Waals surface area contributed by atoms with Crippen molar-refractivity contribution in [2.45, 2.75) is 13.0 Å². The number of fused-ring (bicyclic) bond motifs is 2. The largest absolute Gasteiger partial charge is 0.350 e. The van der Waals surface area contributed by atoms with Crippen molar-refractivity contribution < 1.29 is 0 Å². The second-order valence-corrected chi connectivity index (χ2v) is 4.86. The van der Waals surface area contributed by atoms with E-state index in [0.717, 1.165) is 30.8 Å². The van der Waals surface area contributed by atoms with E-state index in [-0.39, 0.29) is 0 Å². The number of H-pyrrole nitrogens is 1. The summed E-state index contributed by atoms with van der Waals surface area (Å²) in [5.41, 5.74) is 3.45. The molecule has 0 saturated heterocycles. The number of aromatic nitrogens is 3. The first-order valence-electron chi connectivity index (χ1n) is 6.52. The van der Waals surface area contributed by atoms with Crippen LogP contribution in [0.5, 0.6) is 0 Å². The van der Waals surface area contributed by atoms with Gasteiger partial charge in [-0.1, -0.05) is 18.2 Å². The average Bonchev–Trinajstić information content (AvgIpc) is 2.94. The minimum Gasteiger partial charge on any atom is -0.350 e. The van der Waals surface area contributed by atoms with Crippen LogP contribution in [-0.2, 0) is 13.0 Å². The third kappa shape index (κ3) is 1.76. The third-order valence-corrected chi connectivity index (χ3v) is 3.68. The number of benzene rings is 1. The minimum atomic E-state index is 0.862. The summed E-state index contributed by atoms with van der Waals surface area (Å²) in [6, 6.07) is 12.5. The van der Waals surface area contributed by atoms with Gasteiger partial charge in [-0.3, -0.25) is 0 Å². The second-order valence-electron chi connectivity index (χ2n) is 4.86. The number of hydrogen-bond donors (Lipinski definition) is 1. The molecule has 0 saturated carbocycles. The molecule has 4 nitrogen and oxygen atoms in total. The highest BCUT2D eigenvalue weighted by molar-refractivity contribution is 5.80. The highest BCUT2D eigenvalue weighted by Crippen LogP contribution is 2.23. The molecular formula is C15H14N4. The zero-order valence-electron chi connectivity index (χ0n) is 10.5. The van der Waals surface area contributed by atoms with E-state index in [1.54, 1.807) is 6.33 Å². The second kappa shape index (κ2) is 4.09. The molecule has 1 aliphatic heterocycles. The Hall–Kier alpha value is -2.36. The van der Waals surface area contributed by atoms with Crippen LogP contribution in [0.15, 0.2) is 42.7 Å². The molecule has 0 bridgehead atoms. The van der Waals surface area contributed by atoms with Gasteiger partial charge in [0.1, 0.15) is 5.82 Å². The van der Waals surface area contributed by atoms with E-state index in [0.29, 0.717) is 0 Å². The molecule has 3 aromatic rings. The Balaban J connectivity index is 1.71. The molecule has 19 heavy (non-hydrogen) atoms. The summed E-state index contributed by atoms with van der Waals surface area (Å²) < 4.78 is 0. The van der Waals surface area contributed by atoms with Crippen LogP contribution in [-0.4, -0.2) is 21.5 Å². The number of nitrogens with zero attached hydrogens (tertiary/aromatic N) is 3. The molecule has 0 fully saturated rings. The van der Waals surface area contributed by atoms with E-state index in [1.807, 2.05) is 12.1 Å². The fourth-order valence-electron chi connectivity index (χ4n) is 2.64. The first-order chi connectivity index (χ1) is 9.40. The van der Waals surface area contributed by atoms with Crippen LogP contribution in [0.25, 0.3) is 10.9 Å². The predicted molar refractivity (Wildman–Crippen MR) is 75.1 cm³/mol. The highest BCUT2D eigenvalue weighted by Gasteiger charge is 2.19. The standard InChI is InChI=1S/C15H14N4/c1-2-4-12-11(3-1)5-6-15(18-12)19-8-7-13-14(9-19)17-10-16-13/h1-6,10H,7-9H2,(H,16,17). The molecule has 1 aliphatic rings. The van der Waals surface area contributed by atoms with Gasteiger partial charge in [0.25, 0.3) is 0 Å². The minimum absolute atomic E-state index is 0.862. The number of para-hydroxylation sites is 1. The van der Waals surface area contributed by atoms with Crippen LogP contribution in [0.4, 0.5) is 5.82 Å². The molecule has 4 rings (SSSR count). The quantitative estimate of drug-likeness (QED) is 0.721. The lowest BCUT2D eigenvalue weighted by atomic mass is 10.1. The van der Waals surface area contributed by atoms with Gasteiger partial charge in [0.15, 0.2) is 0 Å². The Bertz CT molecular complexity index is 732. The van der Waals surface area contributed by atoms with E-state index in [1.165, 1.54) is 16.8 Å². The Labute approximate surface area is 111 Å². The number of pyridine rings is 1. The fourth-order valence-corrected chi connectivity index (χ4v) is 2.64. The number of imidazole rings is 1. The lowest BCUT2D eigenvalue weighted by Gasteiger charge is -2.27. The van der Waals surface area contributed by atoms with Crippen molar-refractivity contribution in [2.24, 2.45) is 0 Å². The van der Waals surface area contributed by atoms with E-state index >= 15 is 0 Å². The van der Waals surface area contributed by atoms with Crippen LogP contribution >= 0.6 is 0 Å². The van der Waals surface area contributed by atoms with Gasteiger partial charge in [-0.2, -0.15) is 0 Å². The average molecular weight is 250 g/mol. The third-order valence-electron chi connectivity index (χ3n) is 3.68. The smallest absolute Gasteiger partial charge is 0.129 e. The molecule has 0 spiro atoms. The molecule has 0 radical (unpaired) electrons.